The first-order valence-electron chi connectivity index (χ1n) is 39.0. The van der Waals surface area contributed by atoms with Gasteiger partial charge in [0.2, 0.25) is 0 Å². The average molecular weight is 1520 g/mol. The lowest BCUT2D eigenvalue weighted by Crippen LogP contribution is -2.06. The molecule has 7 heterocycles. The van der Waals surface area contributed by atoms with Gasteiger partial charge in [-0.3, -0.25) is 0 Å². The molecule has 0 radical (unpaired) electrons. The van der Waals surface area contributed by atoms with E-state index >= 15 is 0 Å². The molecule has 0 aliphatic heterocycles. The topological polar surface area (TPSA) is 190 Å². The maximum absolute atomic E-state index is 5.48. The maximum atomic E-state index is 5.48. The Hall–Kier alpha value is -16.2. The molecule has 0 bridgehead atoms. The van der Waals surface area contributed by atoms with Gasteiger partial charge in [-0.1, -0.05) is 322 Å². The zero-order chi connectivity index (χ0) is 78.6. The predicted molar refractivity (Wildman–Crippen MR) is 470 cm³/mol. The Bertz CT molecular complexity index is 6790. The number of hydrogen-bond donors (Lipinski definition) is 0. The smallest absolute Gasteiger partial charge is 0.164 e. The molecule has 7 aromatic heterocycles. The van der Waals surface area contributed by atoms with Crippen LogP contribution in [0.3, 0.4) is 0 Å². The molecule has 0 N–H and O–H groups in total. The van der Waals surface area contributed by atoms with E-state index in [1.807, 2.05) is 263 Å². The lowest BCUT2D eigenvalue weighted by molar-refractivity contribution is 1.05. The lowest BCUT2D eigenvalue weighted by Gasteiger charge is -2.21. The van der Waals surface area contributed by atoms with Gasteiger partial charge in [-0.25, -0.2) is 69.8 Å². The van der Waals surface area contributed by atoms with Crippen molar-refractivity contribution in [3.8, 4) is 171 Å². The van der Waals surface area contributed by atoms with Gasteiger partial charge in [0.05, 0.1) is 33.4 Å². The molecule has 0 amide bonds. The van der Waals surface area contributed by atoms with E-state index in [4.69, 9.17) is 69.8 Å². The summed E-state index contributed by atoms with van der Waals surface area (Å²) in [5, 5.41) is 3.87. The molecule has 118 heavy (non-hydrogen) atoms. The van der Waals surface area contributed by atoms with Gasteiger partial charge in [-0.15, -0.1) is 0 Å². The van der Waals surface area contributed by atoms with E-state index in [0.717, 1.165) is 150 Å². The van der Waals surface area contributed by atoms with E-state index in [9.17, 15) is 0 Å². The number of hydrogen-bond acceptors (Lipinski definition) is 14. The van der Waals surface area contributed by atoms with Gasteiger partial charge in [0.15, 0.2) is 75.7 Å². The van der Waals surface area contributed by atoms with Crippen LogP contribution in [0.1, 0.15) is 11.4 Å². The second kappa shape index (κ2) is 29.7. The fraction of sp³-hybridized carbons (Fsp3) is 0.0196. The monoisotopic (exact) mass is 1510 g/mol. The van der Waals surface area contributed by atoms with Gasteiger partial charge >= 0.3 is 0 Å². The molecule has 0 spiro atoms. The van der Waals surface area contributed by atoms with E-state index in [1.165, 1.54) is 0 Å². The number of nitrogens with zero attached hydrogens (tertiary/aromatic N) is 16. The van der Waals surface area contributed by atoms with Crippen molar-refractivity contribution < 1.29 is 0 Å². The van der Waals surface area contributed by atoms with Crippen LogP contribution in [0.5, 0.6) is 0 Å². The van der Waals surface area contributed by atoms with Crippen molar-refractivity contribution in [3.05, 3.63) is 375 Å². The van der Waals surface area contributed by atoms with Crippen molar-refractivity contribution in [2.24, 2.45) is 0 Å². The van der Waals surface area contributed by atoms with Crippen LogP contribution in [-0.2, 0) is 0 Å². The summed E-state index contributed by atoms with van der Waals surface area (Å²) in [7, 11) is 0. The molecule has 16 heteroatoms. The molecule has 554 valence electrons. The fourth-order valence-electron chi connectivity index (χ4n) is 15.7. The molecule has 14 aromatic carbocycles. The molecular weight excluding hydrogens is 1450 g/mol. The minimum Gasteiger partial charge on any atom is -0.309 e. The molecule has 21 aromatic rings. The van der Waals surface area contributed by atoms with Crippen molar-refractivity contribution >= 4 is 43.6 Å². The summed E-state index contributed by atoms with van der Waals surface area (Å²) in [6.45, 7) is 4.05. The summed E-state index contributed by atoms with van der Waals surface area (Å²) in [5.74, 6) is 6.87. The van der Waals surface area contributed by atoms with Gasteiger partial charge in [0.25, 0.3) is 0 Å². The Balaban J connectivity index is 0.874. The largest absolute Gasteiger partial charge is 0.309 e. The first-order chi connectivity index (χ1) is 58.2. The number of aryl methyl sites for hydroxylation is 2. The van der Waals surface area contributed by atoms with Crippen molar-refractivity contribution in [2.75, 3.05) is 0 Å². The standard InChI is InChI=1S/C102H66N16/c1-63-56-64(2)104-102(103-63)83-62-88(117-84-57-74(98-109-90(66-32-14-4-15-33-66)105-91(110-98)67-34-16-5-17-35-67)48-52-78(84)79-53-49-75(58-85(79)117)99-111-92(68-36-18-6-19-37-68)106-93(112-99)69-38-20-7-21-39-69)82(65-30-12-3-13-31-65)61-89(83)118-86-59-76(100-113-94(70-40-22-8-23-41-70)107-95(114-100)71-42-24-9-25-43-71)50-54-80(86)81-55-51-77(60-87(81)118)101-115-96(72-44-26-10-27-45-72)108-97(116-101)73-46-28-11-29-47-73/h3-62H,1-2H3. The minimum atomic E-state index is 0.497. The second-order valence-corrected chi connectivity index (χ2v) is 29.0. The highest BCUT2D eigenvalue weighted by Gasteiger charge is 2.28. The molecule has 16 nitrogen and oxygen atoms in total. The van der Waals surface area contributed by atoms with Crippen molar-refractivity contribution in [1.29, 1.82) is 0 Å². The molecular formula is C102H66N16. The Labute approximate surface area is 678 Å². The van der Waals surface area contributed by atoms with Crippen molar-refractivity contribution in [3.63, 3.8) is 0 Å². The van der Waals surface area contributed by atoms with Gasteiger partial charge in [0, 0.05) is 111 Å². The summed E-state index contributed by atoms with van der Waals surface area (Å²) < 4.78 is 4.73. The van der Waals surface area contributed by atoms with Crippen LogP contribution >= 0.6 is 0 Å². The zero-order valence-corrected chi connectivity index (χ0v) is 63.8. The van der Waals surface area contributed by atoms with Crippen LogP contribution in [0.4, 0.5) is 0 Å². The number of fused-ring (bicyclic) bond motifs is 6. The number of rotatable bonds is 16. The Morgan fingerprint density at radius 3 is 0.559 bits per heavy atom. The highest BCUT2D eigenvalue weighted by molar-refractivity contribution is 6.14. The van der Waals surface area contributed by atoms with Gasteiger partial charge in [0.1, 0.15) is 0 Å². The molecule has 0 atom stereocenters. The highest BCUT2D eigenvalue weighted by Crippen LogP contribution is 2.46. The summed E-state index contributed by atoms with van der Waals surface area (Å²) >= 11 is 0. The third kappa shape index (κ3) is 13.2. The van der Waals surface area contributed by atoms with Gasteiger partial charge < -0.3 is 9.13 Å². The minimum absolute atomic E-state index is 0.497. The van der Waals surface area contributed by atoms with Crippen LogP contribution in [0.25, 0.3) is 214 Å². The average Bonchev–Trinajstić information content (AvgIpc) is 1.53. The lowest BCUT2D eigenvalue weighted by atomic mass is 9.98. The summed E-state index contributed by atoms with van der Waals surface area (Å²) in [6, 6.07) is 124. The van der Waals surface area contributed by atoms with Crippen LogP contribution < -0.4 is 0 Å². The Kier molecular flexibility index (Phi) is 17.6. The molecule has 0 aliphatic rings. The first-order valence-corrected chi connectivity index (χ1v) is 39.0. The van der Waals surface area contributed by atoms with E-state index < -0.39 is 0 Å². The highest BCUT2D eigenvalue weighted by atomic mass is 15.1. The van der Waals surface area contributed by atoms with Crippen LogP contribution in [0.2, 0.25) is 0 Å². The zero-order valence-electron chi connectivity index (χ0n) is 63.8. The molecule has 0 aliphatic carbocycles. The van der Waals surface area contributed by atoms with Crippen LogP contribution in [0.15, 0.2) is 364 Å². The summed E-state index contributed by atoms with van der Waals surface area (Å²) in [4.78, 5) is 74.2. The van der Waals surface area contributed by atoms with Gasteiger partial charge in [-0.2, -0.15) is 0 Å². The normalized spacial score (nSPS) is 11.5. The van der Waals surface area contributed by atoms with E-state index in [0.29, 0.717) is 75.7 Å². The molecule has 0 fully saturated rings. The fourth-order valence-corrected chi connectivity index (χ4v) is 15.7. The predicted octanol–water partition coefficient (Wildman–Crippen LogP) is 23.4. The van der Waals surface area contributed by atoms with Crippen molar-refractivity contribution in [2.45, 2.75) is 13.8 Å². The molecule has 0 saturated carbocycles. The van der Waals surface area contributed by atoms with Crippen molar-refractivity contribution in [1.82, 2.24) is 78.9 Å². The Morgan fingerprint density at radius 2 is 0.339 bits per heavy atom. The molecule has 0 saturated heterocycles. The van der Waals surface area contributed by atoms with E-state index in [-0.39, 0.29) is 0 Å². The Morgan fingerprint density at radius 1 is 0.153 bits per heavy atom. The molecule has 21 rings (SSSR count). The SMILES string of the molecule is Cc1cc(C)nc(-c2cc(-n3c4cc(-c5nc(-c6ccccc6)nc(-c6ccccc6)n5)ccc4c4ccc(-c5nc(-c6ccccc6)nc(-c6ccccc6)n5)cc43)c(-c3ccccc3)cc2-n2c3cc(-c4nc(-c5ccccc5)nc(-c5ccccc5)n4)ccc3c3ccc(-c4nc(-c5ccccc5)nc(-c5ccccc5)n4)cc32)n1. The summed E-state index contributed by atoms with van der Waals surface area (Å²) in [5.41, 5.74) is 19.1. The van der Waals surface area contributed by atoms with Crippen LogP contribution in [0, 0.1) is 13.8 Å². The van der Waals surface area contributed by atoms with E-state index in [1.54, 1.807) is 0 Å². The second-order valence-electron chi connectivity index (χ2n) is 29.0. The number of aromatic nitrogens is 16. The van der Waals surface area contributed by atoms with Crippen LogP contribution in [-0.4, -0.2) is 78.9 Å². The quantitative estimate of drug-likeness (QED) is 0.0888. The number of benzene rings is 14. The van der Waals surface area contributed by atoms with E-state index in [2.05, 4.69) is 124 Å². The maximum Gasteiger partial charge on any atom is 0.164 e. The molecule has 0 unspecified atom stereocenters. The third-order valence-electron chi connectivity index (χ3n) is 21.3. The summed E-state index contributed by atoms with van der Waals surface area (Å²) in [6.07, 6.45) is 0. The third-order valence-corrected chi connectivity index (χ3v) is 21.3. The van der Waals surface area contributed by atoms with Gasteiger partial charge in [-0.05, 0) is 61.9 Å². The first kappa shape index (κ1) is 69.7.